The van der Waals surface area contributed by atoms with Crippen LogP contribution in [0, 0.1) is 20.8 Å². The van der Waals surface area contributed by atoms with E-state index < -0.39 is 0 Å². The van der Waals surface area contributed by atoms with Crippen molar-refractivity contribution in [3.05, 3.63) is 76.6 Å². The van der Waals surface area contributed by atoms with Gasteiger partial charge in [0.05, 0.1) is 5.75 Å². The van der Waals surface area contributed by atoms with E-state index >= 15 is 0 Å². The highest BCUT2D eigenvalue weighted by Crippen LogP contribution is 2.25. The highest BCUT2D eigenvalue weighted by Gasteiger charge is 2.15. The van der Waals surface area contributed by atoms with Gasteiger partial charge >= 0.3 is 0 Å². The van der Waals surface area contributed by atoms with Gasteiger partial charge in [0.2, 0.25) is 5.91 Å². The van der Waals surface area contributed by atoms with Gasteiger partial charge < -0.3 is 10.1 Å². The molecule has 0 atom stereocenters. The highest BCUT2D eigenvalue weighted by atomic mass is 35.5. The number of hydrogen-bond acceptors (Lipinski definition) is 5. The number of amides is 1. The van der Waals surface area contributed by atoms with E-state index in [4.69, 9.17) is 16.3 Å². The zero-order chi connectivity index (χ0) is 22.4. The van der Waals surface area contributed by atoms with E-state index in [1.165, 1.54) is 11.8 Å². The molecule has 0 spiro atoms. The monoisotopic (exact) mass is 456 g/mol. The number of benzene rings is 2. The van der Waals surface area contributed by atoms with Crippen LogP contribution in [0.3, 0.4) is 0 Å². The van der Waals surface area contributed by atoms with Gasteiger partial charge in [-0.05, 0) is 55.7 Å². The Labute approximate surface area is 191 Å². The van der Waals surface area contributed by atoms with Crippen LogP contribution in [0.25, 0.3) is 0 Å². The molecule has 0 radical (unpaired) electrons. The van der Waals surface area contributed by atoms with Gasteiger partial charge in [-0.1, -0.05) is 47.6 Å². The first kappa shape index (κ1) is 22.9. The third kappa shape index (κ3) is 5.89. The molecule has 1 amide bonds. The van der Waals surface area contributed by atoms with Crippen LogP contribution in [0.5, 0.6) is 5.75 Å². The van der Waals surface area contributed by atoms with Gasteiger partial charge in [-0.3, -0.25) is 9.36 Å². The molecule has 31 heavy (non-hydrogen) atoms. The molecule has 162 valence electrons. The summed E-state index contributed by atoms with van der Waals surface area (Å²) in [5, 5.41) is 12.7. The van der Waals surface area contributed by atoms with E-state index in [9.17, 15) is 4.79 Å². The molecular weight excluding hydrogens is 432 g/mol. The van der Waals surface area contributed by atoms with Crippen LogP contribution >= 0.6 is 23.4 Å². The largest absolute Gasteiger partial charge is 0.485 e. The van der Waals surface area contributed by atoms with Crippen molar-refractivity contribution in [1.82, 2.24) is 14.8 Å². The number of nitrogens with one attached hydrogen (secondary N) is 1. The number of carbonyl (C=O) groups is 1. The second-order valence-corrected chi connectivity index (χ2v) is 8.48. The number of anilines is 1. The number of aromatic nitrogens is 3. The van der Waals surface area contributed by atoms with Crippen molar-refractivity contribution in [3.8, 4) is 5.75 Å². The third-order valence-electron chi connectivity index (χ3n) is 4.65. The Balaban J connectivity index is 1.65. The van der Waals surface area contributed by atoms with Crippen LogP contribution in [-0.4, -0.2) is 26.4 Å². The topological polar surface area (TPSA) is 69.0 Å². The zero-order valence-corrected chi connectivity index (χ0v) is 19.4. The van der Waals surface area contributed by atoms with Crippen LogP contribution in [0.2, 0.25) is 5.02 Å². The average molecular weight is 457 g/mol. The number of rotatable bonds is 9. The van der Waals surface area contributed by atoms with Crippen molar-refractivity contribution in [2.24, 2.45) is 0 Å². The van der Waals surface area contributed by atoms with Crippen molar-refractivity contribution < 1.29 is 9.53 Å². The predicted molar refractivity (Wildman–Crippen MR) is 126 cm³/mol. The van der Waals surface area contributed by atoms with Gasteiger partial charge in [-0.15, -0.1) is 16.8 Å². The number of nitrogens with zero attached hydrogens (tertiary/aromatic N) is 3. The summed E-state index contributed by atoms with van der Waals surface area (Å²) in [6.07, 6.45) is 1.77. The fraction of sp³-hybridized carbons (Fsp3) is 0.261. The number of thioether (sulfide) groups is 1. The fourth-order valence-corrected chi connectivity index (χ4v) is 4.09. The summed E-state index contributed by atoms with van der Waals surface area (Å²) in [5.41, 5.74) is 3.79. The third-order valence-corrected chi connectivity index (χ3v) is 5.86. The number of hydrogen-bond donors (Lipinski definition) is 1. The molecule has 1 heterocycles. The Morgan fingerprint density at radius 1 is 1.19 bits per heavy atom. The maximum atomic E-state index is 12.4. The first-order valence-corrected chi connectivity index (χ1v) is 11.2. The second-order valence-electron chi connectivity index (χ2n) is 7.10. The lowest BCUT2D eigenvalue weighted by Crippen LogP contribution is -2.15. The van der Waals surface area contributed by atoms with Crippen LogP contribution in [0.15, 0.2) is 54.2 Å². The van der Waals surface area contributed by atoms with E-state index in [-0.39, 0.29) is 18.3 Å². The molecular formula is C23H25ClN4O2S. The number of carbonyl (C=O) groups excluding carboxylic acids is 1. The lowest BCUT2D eigenvalue weighted by atomic mass is 10.1. The van der Waals surface area contributed by atoms with E-state index in [1.54, 1.807) is 18.2 Å². The van der Waals surface area contributed by atoms with E-state index in [0.717, 1.165) is 28.1 Å². The van der Waals surface area contributed by atoms with Crippen LogP contribution in [0.4, 0.5) is 5.69 Å². The molecule has 0 saturated carbocycles. The van der Waals surface area contributed by atoms with Crippen LogP contribution in [0.1, 0.15) is 22.5 Å². The molecule has 0 aliphatic carbocycles. The average Bonchev–Trinajstić information content (AvgIpc) is 3.10. The highest BCUT2D eigenvalue weighted by molar-refractivity contribution is 7.99. The number of para-hydroxylation sites is 1. The van der Waals surface area contributed by atoms with Gasteiger partial charge in [0, 0.05) is 17.3 Å². The Kier molecular flexibility index (Phi) is 7.76. The summed E-state index contributed by atoms with van der Waals surface area (Å²) in [4.78, 5) is 12.4. The zero-order valence-electron chi connectivity index (χ0n) is 17.8. The maximum Gasteiger partial charge on any atom is 0.234 e. The molecule has 2 aromatic carbocycles. The van der Waals surface area contributed by atoms with Gasteiger partial charge in [-0.2, -0.15) is 0 Å². The lowest BCUT2D eigenvalue weighted by Gasteiger charge is -2.13. The minimum Gasteiger partial charge on any atom is -0.485 e. The molecule has 0 aliphatic rings. The molecule has 3 aromatic rings. The summed E-state index contributed by atoms with van der Waals surface area (Å²) in [5.74, 6) is 1.60. The Morgan fingerprint density at radius 2 is 1.94 bits per heavy atom. The first-order valence-electron chi connectivity index (χ1n) is 9.80. The van der Waals surface area contributed by atoms with E-state index in [1.807, 2.05) is 49.6 Å². The fourth-order valence-electron chi connectivity index (χ4n) is 3.09. The normalized spacial score (nSPS) is 10.7. The number of allylic oxidation sites excluding steroid dienone is 1. The van der Waals surface area contributed by atoms with E-state index in [0.29, 0.717) is 22.5 Å². The lowest BCUT2D eigenvalue weighted by molar-refractivity contribution is -0.113. The summed E-state index contributed by atoms with van der Waals surface area (Å²) in [7, 11) is 0. The van der Waals surface area contributed by atoms with Gasteiger partial charge in [-0.25, -0.2) is 0 Å². The molecule has 0 fully saturated rings. The maximum absolute atomic E-state index is 12.4. The summed E-state index contributed by atoms with van der Waals surface area (Å²) in [6, 6.07) is 11.4. The molecule has 0 saturated heterocycles. The Morgan fingerprint density at radius 3 is 2.61 bits per heavy atom. The van der Waals surface area contributed by atoms with Gasteiger partial charge in [0.1, 0.15) is 12.4 Å². The molecule has 0 bridgehead atoms. The number of halogens is 1. The molecule has 0 unspecified atom stereocenters. The quantitative estimate of drug-likeness (QED) is 0.347. The van der Waals surface area contributed by atoms with Crippen molar-refractivity contribution >= 4 is 35.0 Å². The standard InChI is InChI=1S/C23H25ClN4O2S/c1-5-11-28-20(13-30-22-15(2)7-6-8-16(22)3)26-27-23(28)31-14-21(29)25-19-10-9-18(24)12-17(19)4/h5-10,12H,1,11,13-14H2,2-4H3,(H,25,29). The van der Waals surface area contributed by atoms with Crippen LogP contribution < -0.4 is 10.1 Å². The summed E-state index contributed by atoms with van der Waals surface area (Å²) < 4.78 is 7.93. The van der Waals surface area contributed by atoms with E-state index in [2.05, 4.69) is 22.1 Å². The van der Waals surface area contributed by atoms with Crippen molar-refractivity contribution in [2.75, 3.05) is 11.1 Å². The Hall–Kier alpha value is -2.77. The molecule has 0 aliphatic heterocycles. The second kappa shape index (κ2) is 10.5. The number of ether oxygens (including phenoxy) is 1. The van der Waals surface area contributed by atoms with Crippen molar-refractivity contribution in [3.63, 3.8) is 0 Å². The minimum atomic E-state index is -0.128. The molecule has 1 N–H and O–H groups in total. The smallest absolute Gasteiger partial charge is 0.234 e. The minimum absolute atomic E-state index is 0.128. The predicted octanol–water partition coefficient (Wildman–Crippen LogP) is 5.35. The van der Waals surface area contributed by atoms with Crippen molar-refractivity contribution in [1.29, 1.82) is 0 Å². The van der Waals surface area contributed by atoms with Crippen LogP contribution in [-0.2, 0) is 17.9 Å². The molecule has 6 nitrogen and oxygen atoms in total. The van der Waals surface area contributed by atoms with Gasteiger partial charge in [0.25, 0.3) is 0 Å². The van der Waals surface area contributed by atoms with Gasteiger partial charge in [0.15, 0.2) is 11.0 Å². The summed E-state index contributed by atoms with van der Waals surface area (Å²) in [6.45, 7) is 10.5. The SMILES string of the molecule is C=CCn1c(COc2c(C)cccc2C)nnc1SCC(=O)Nc1ccc(Cl)cc1C. The van der Waals surface area contributed by atoms with Crippen molar-refractivity contribution in [2.45, 2.75) is 39.1 Å². The molecule has 3 rings (SSSR count). The molecule has 8 heteroatoms. The first-order chi connectivity index (χ1) is 14.9. The molecule has 1 aromatic heterocycles. The number of aryl methyl sites for hydroxylation is 3. The summed E-state index contributed by atoms with van der Waals surface area (Å²) >= 11 is 7.29. The Bertz CT molecular complexity index is 1080.